The van der Waals surface area contributed by atoms with Crippen molar-refractivity contribution in [3.8, 4) is 0 Å². The molecule has 0 aliphatic heterocycles. The lowest BCUT2D eigenvalue weighted by Crippen LogP contribution is -2.26. The summed E-state index contributed by atoms with van der Waals surface area (Å²) in [6.07, 6.45) is 2.15. The predicted octanol–water partition coefficient (Wildman–Crippen LogP) is 4.00. The number of H-pyrrole nitrogens is 1. The number of fused-ring (bicyclic) bond motifs is 1. The maximum atomic E-state index is 11.8. The van der Waals surface area contributed by atoms with Crippen LogP contribution in [0.4, 0.5) is 4.79 Å². The first-order valence-electron chi connectivity index (χ1n) is 8.93. The van der Waals surface area contributed by atoms with Crippen molar-refractivity contribution in [1.29, 1.82) is 5.41 Å². The van der Waals surface area contributed by atoms with E-state index in [9.17, 15) is 4.79 Å². The van der Waals surface area contributed by atoms with Crippen molar-refractivity contribution in [3.63, 3.8) is 0 Å². The third-order valence-electron chi connectivity index (χ3n) is 4.19. The summed E-state index contributed by atoms with van der Waals surface area (Å²) in [7, 11) is 0. The Kier molecular flexibility index (Phi) is 6.10. The van der Waals surface area contributed by atoms with Gasteiger partial charge in [-0.15, -0.1) is 0 Å². The minimum Gasteiger partial charge on any atom is -0.478 e. The van der Waals surface area contributed by atoms with E-state index in [1.807, 2.05) is 61.7 Å². The molecular formula is C21H23N3O3. The van der Waals surface area contributed by atoms with Crippen LogP contribution in [-0.2, 0) is 22.5 Å². The standard InChI is InChI=1S/C21H23N3O3/c1-2-26-20(22)16-8-9-19-18(12-16)17(13-24-19)10-11-23-21(25)27-14-15-6-4-3-5-7-15/h3-9,12-13,22,24H,2,10-11,14H2,1H3,(H,23,25). The Morgan fingerprint density at radius 2 is 1.96 bits per heavy atom. The molecule has 0 saturated heterocycles. The Bertz CT molecular complexity index is 919. The first-order valence-corrected chi connectivity index (χ1v) is 8.93. The molecule has 1 amide bonds. The van der Waals surface area contributed by atoms with Crippen LogP contribution >= 0.6 is 0 Å². The summed E-state index contributed by atoms with van der Waals surface area (Å²) < 4.78 is 10.5. The van der Waals surface area contributed by atoms with Crippen LogP contribution in [0.15, 0.2) is 54.7 Å². The minimum absolute atomic E-state index is 0.161. The SMILES string of the molecule is CCOC(=N)c1ccc2[nH]cc(CCNC(=O)OCc3ccccc3)c2c1. The molecule has 0 radical (unpaired) electrons. The first-order chi connectivity index (χ1) is 13.2. The Morgan fingerprint density at radius 1 is 1.15 bits per heavy atom. The van der Waals surface area contributed by atoms with Gasteiger partial charge < -0.3 is 19.8 Å². The lowest BCUT2D eigenvalue weighted by Gasteiger charge is -2.07. The van der Waals surface area contributed by atoms with Gasteiger partial charge in [0.05, 0.1) is 6.61 Å². The van der Waals surface area contributed by atoms with E-state index < -0.39 is 6.09 Å². The molecule has 1 heterocycles. The fraction of sp³-hybridized carbons (Fsp3) is 0.238. The van der Waals surface area contributed by atoms with Crippen molar-refractivity contribution in [3.05, 3.63) is 71.4 Å². The van der Waals surface area contributed by atoms with E-state index in [-0.39, 0.29) is 12.5 Å². The normalized spacial score (nSPS) is 10.6. The second-order valence-corrected chi connectivity index (χ2v) is 6.07. The quantitative estimate of drug-likeness (QED) is 0.437. The number of ether oxygens (including phenoxy) is 2. The maximum absolute atomic E-state index is 11.8. The zero-order chi connectivity index (χ0) is 19.1. The summed E-state index contributed by atoms with van der Waals surface area (Å²) in [5.41, 5.74) is 3.75. The molecule has 0 aliphatic rings. The molecule has 140 valence electrons. The van der Waals surface area contributed by atoms with Gasteiger partial charge in [-0.25, -0.2) is 4.79 Å². The van der Waals surface area contributed by atoms with Gasteiger partial charge in [-0.05, 0) is 42.7 Å². The fourth-order valence-electron chi connectivity index (χ4n) is 2.83. The molecule has 3 rings (SSSR count). The first kappa shape index (κ1) is 18.5. The number of nitrogens with one attached hydrogen (secondary N) is 3. The number of carbonyl (C=O) groups is 1. The molecule has 3 N–H and O–H groups in total. The molecule has 6 nitrogen and oxygen atoms in total. The number of hydrogen-bond acceptors (Lipinski definition) is 4. The van der Waals surface area contributed by atoms with Crippen molar-refractivity contribution < 1.29 is 14.3 Å². The van der Waals surface area contributed by atoms with Gasteiger partial charge in [0.2, 0.25) is 5.90 Å². The van der Waals surface area contributed by atoms with Gasteiger partial charge >= 0.3 is 6.09 Å². The van der Waals surface area contributed by atoms with Crippen molar-refractivity contribution in [2.45, 2.75) is 20.0 Å². The highest BCUT2D eigenvalue weighted by Gasteiger charge is 2.09. The number of amides is 1. The van der Waals surface area contributed by atoms with E-state index in [0.717, 1.165) is 27.6 Å². The second kappa shape index (κ2) is 8.89. The molecule has 0 bridgehead atoms. The summed E-state index contributed by atoms with van der Waals surface area (Å²) in [6.45, 7) is 3.04. The number of carbonyl (C=O) groups excluding carboxylic acids is 1. The van der Waals surface area contributed by atoms with Crippen molar-refractivity contribution in [2.24, 2.45) is 0 Å². The van der Waals surface area contributed by atoms with Crippen LogP contribution in [0.5, 0.6) is 0 Å². The Hall–Kier alpha value is -3.28. The fourth-order valence-corrected chi connectivity index (χ4v) is 2.83. The van der Waals surface area contributed by atoms with Crippen LogP contribution in [0.25, 0.3) is 10.9 Å². The van der Waals surface area contributed by atoms with E-state index in [1.165, 1.54) is 0 Å². The van der Waals surface area contributed by atoms with Crippen molar-refractivity contribution >= 4 is 22.9 Å². The van der Waals surface area contributed by atoms with Crippen LogP contribution in [0, 0.1) is 5.41 Å². The molecule has 0 unspecified atom stereocenters. The van der Waals surface area contributed by atoms with E-state index in [2.05, 4.69) is 10.3 Å². The third-order valence-corrected chi connectivity index (χ3v) is 4.19. The molecule has 0 fully saturated rings. The molecular weight excluding hydrogens is 342 g/mol. The molecule has 3 aromatic rings. The number of aromatic amines is 1. The van der Waals surface area contributed by atoms with Gasteiger partial charge in [-0.2, -0.15) is 0 Å². The molecule has 6 heteroatoms. The highest BCUT2D eigenvalue weighted by molar-refractivity contribution is 5.97. The van der Waals surface area contributed by atoms with Crippen LogP contribution in [0.3, 0.4) is 0 Å². The smallest absolute Gasteiger partial charge is 0.407 e. The van der Waals surface area contributed by atoms with Gasteiger partial charge in [-0.3, -0.25) is 5.41 Å². The maximum Gasteiger partial charge on any atom is 0.407 e. The number of aromatic nitrogens is 1. The highest BCUT2D eigenvalue weighted by atomic mass is 16.5. The molecule has 27 heavy (non-hydrogen) atoms. The molecule has 2 aromatic carbocycles. The lowest BCUT2D eigenvalue weighted by atomic mass is 10.1. The largest absolute Gasteiger partial charge is 0.478 e. The average molecular weight is 365 g/mol. The van der Waals surface area contributed by atoms with Crippen LogP contribution in [-0.4, -0.2) is 30.1 Å². The number of hydrogen-bond donors (Lipinski definition) is 3. The van der Waals surface area contributed by atoms with Crippen LogP contribution < -0.4 is 5.32 Å². The molecule has 0 atom stereocenters. The topological polar surface area (TPSA) is 87.2 Å². The van der Waals surface area contributed by atoms with Crippen LogP contribution in [0.1, 0.15) is 23.6 Å². The minimum atomic E-state index is -0.433. The summed E-state index contributed by atoms with van der Waals surface area (Å²) >= 11 is 0. The van der Waals surface area contributed by atoms with Gasteiger partial charge in [-0.1, -0.05) is 30.3 Å². The van der Waals surface area contributed by atoms with Crippen molar-refractivity contribution in [2.75, 3.05) is 13.2 Å². The second-order valence-electron chi connectivity index (χ2n) is 6.07. The Morgan fingerprint density at radius 3 is 2.74 bits per heavy atom. The zero-order valence-corrected chi connectivity index (χ0v) is 15.2. The summed E-state index contributed by atoms with van der Waals surface area (Å²) in [4.78, 5) is 15.1. The van der Waals surface area contributed by atoms with Gasteiger partial charge in [0.25, 0.3) is 0 Å². The summed E-state index contributed by atoms with van der Waals surface area (Å²) in [6, 6.07) is 15.3. The highest BCUT2D eigenvalue weighted by Crippen LogP contribution is 2.20. The number of benzene rings is 2. The van der Waals surface area contributed by atoms with Gasteiger partial charge in [0.15, 0.2) is 0 Å². The lowest BCUT2D eigenvalue weighted by molar-refractivity contribution is 0.140. The van der Waals surface area contributed by atoms with E-state index in [0.29, 0.717) is 19.6 Å². The number of alkyl carbamates (subject to hydrolysis) is 1. The number of rotatable bonds is 7. The molecule has 0 saturated carbocycles. The van der Waals surface area contributed by atoms with Gasteiger partial charge in [0.1, 0.15) is 6.61 Å². The predicted molar refractivity (Wildman–Crippen MR) is 105 cm³/mol. The summed E-state index contributed by atoms with van der Waals surface area (Å²) in [5.74, 6) is 0.161. The summed E-state index contributed by atoms with van der Waals surface area (Å²) in [5, 5.41) is 11.7. The molecule has 0 aliphatic carbocycles. The Labute approximate surface area is 158 Å². The Balaban J connectivity index is 1.54. The van der Waals surface area contributed by atoms with Gasteiger partial charge in [0, 0.05) is 29.2 Å². The molecule has 0 spiro atoms. The van der Waals surface area contributed by atoms with Crippen LogP contribution in [0.2, 0.25) is 0 Å². The molecule has 1 aromatic heterocycles. The zero-order valence-electron chi connectivity index (χ0n) is 15.2. The monoisotopic (exact) mass is 365 g/mol. The van der Waals surface area contributed by atoms with E-state index in [4.69, 9.17) is 14.9 Å². The van der Waals surface area contributed by atoms with E-state index >= 15 is 0 Å². The van der Waals surface area contributed by atoms with E-state index in [1.54, 1.807) is 0 Å². The third kappa shape index (κ3) is 4.88. The van der Waals surface area contributed by atoms with Crippen molar-refractivity contribution in [1.82, 2.24) is 10.3 Å². The average Bonchev–Trinajstić information content (AvgIpc) is 3.10.